The Morgan fingerprint density at radius 3 is 2.78 bits per heavy atom. The molecule has 2 aromatic rings. The smallest absolute Gasteiger partial charge is 0.221 e. The van der Waals surface area contributed by atoms with E-state index < -0.39 is 0 Å². The number of ether oxygens (including phenoxy) is 1. The Morgan fingerprint density at radius 1 is 1.28 bits per heavy atom. The highest BCUT2D eigenvalue weighted by atomic mass is 16.5. The molecule has 0 bridgehead atoms. The summed E-state index contributed by atoms with van der Waals surface area (Å²) in [5.41, 5.74) is 6.76. The van der Waals surface area contributed by atoms with Crippen LogP contribution in [0.3, 0.4) is 0 Å². The first kappa shape index (κ1) is 12.6. The summed E-state index contributed by atoms with van der Waals surface area (Å²) in [6.07, 6.45) is 5.61. The molecule has 0 aliphatic rings. The van der Waals surface area contributed by atoms with Gasteiger partial charge in [-0.1, -0.05) is 24.3 Å². The molecule has 2 N–H and O–H groups in total. The zero-order valence-corrected chi connectivity index (χ0v) is 10.4. The van der Waals surface area contributed by atoms with Crippen molar-refractivity contribution in [1.29, 1.82) is 0 Å². The van der Waals surface area contributed by atoms with E-state index in [1.807, 2.05) is 24.3 Å². The second-order valence-corrected chi connectivity index (χ2v) is 4.12. The Balaban J connectivity index is 2.25. The average Bonchev–Trinajstić information content (AvgIpc) is 2.43. The van der Waals surface area contributed by atoms with Crippen LogP contribution in [0.2, 0.25) is 0 Å². The summed E-state index contributed by atoms with van der Waals surface area (Å²) in [5, 5.41) is 2.15. The van der Waals surface area contributed by atoms with Crippen LogP contribution in [0.5, 0.6) is 5.88 Å². The fourth-order valence-electron chi connectivity index (χ4n) is 1.90. The van der Waals surface area contributed by atoms with Crippen LogP contribution in [-0.4, -0.2) is 11.6 Å². The third kappa shape index (κ3) is 2.68. The number of nitrogens with two attached hydrogens (primary N) is 1. The van der Waals surface area contributed by atoms with Gasteiger partial charge in [0.2, 0.25) is 5.88 Å². The van der Waals surface area contributed by atoms with E-state index in [1.54, 1.807) is 6.20 Å². The number of aromatic nitrogens is 1. The lowest BCUT2D eigenvalue weighted by molar-refractivity contribution is 0.304. The normalized spacial score (nSPS) is 10.5. The van der Waals surface area contributed by atoms with Crippen molar-refractivity contribution in [1.82, 2.24) is 4.98 Å². The topological polar surface area (TPSA) is 48.1 Å². The Kier molecular flexibility index (Phi) is 4.31. The van der Waals surface area contributed by atoms with Crippen LogP contribution in [0.4, 0.5) is 0 Å². The van der Waals surface area contributed by atoms with Gasteiger partial charge in [-0.25, -0.2) is 4.98 Å². The van der Waals surface area contributed by atoms with E-state index in [0.717, 1.165) is 29.2 Å². The van der Waals surface area contributed by atoms with E-state index in [2.05, 4.69) is 17.6 Å². The van der Waals surface area contributed by atoms with E-state index in [0.29, 0.717) is 19.0 Å². The number of benzene rings is 1. The summed E-state index contributed by atoms with van der Waals surface area (Å²) >= 11 is 0. The molecule has 2 rings (SSSR count). The maximum Gasteiger partial charge on any atom is 0.221 e. The monoisotopic (exact) mass is 242 g/mol. The lowest BCUT2D eigenvalue weighted by Crippen LogP contribution is -2.03. The van der Waals surface area contributed by atoms with Gasteiger partial charge in [0.25, 0.3) is 0 Å². The van der Waals surface area contributed by atoms with Crippen LogP contribution < -0.4 is 10.5 Å². The number of fused-ring (bicyclic) bond motifs is 1. The molecule has 0 aliphatic heterocycles. The summed E-state index contributed by atoms with van der Waals surface area (Å²) in [4.78, 5) is 4.35. The molecule has 0 fully saturated rings. The van der Waals surface area contributed by atoms with Crippen molar-refractivity contribution in [3.63, 3.8) is 0 Å². The van der Waals surface area contributed by atoms with Gasteiger partial charge in [-0.3, -0.25) is 0 Å². The zero-order chi connectivity index (χ0) is 12.8. The Bertz CT molecular complexity index is 537. The molecular formula is C15H18N2O. The summed E-state index contributed by atoms with van der Waals surface area (Å²) in [5.74, 6) is 0.687. The lowest BCUT2D eigenvalue weighted by Gasteiger charge is -2.10. The molecule has 0 unspecified atom stereocenters. The van der Waals surface area contributed by atoms with Gasteiger partial charge in [0.15, 0.2) is 0 Å². The molecule has 3 nitrogen and oxygen atoms in total. The second kappa shape index (κ2) is 6.17. The van der Waals surface area contributed by atoms with E-state index in [4.69, 9.17) is 10.5 Å². The fourth-order valence-corrected chi connectivity index (χ4v) is 1.90. The number of pyridine rings is 1. The Morgan fingerprint density at radius 2 is 2.06 bits per heavy atom. The van der Waals surface area contributed by atoms with Gasteiger partial charge in [-0.2, -0.15) is 0 Å². The number of unbranched alkanes of at least 4 members (excludes halogenated alkanes) is 1. The molecule has 1 heterocycles. The molecular weight excluding hydrogens is 224 g/mol. The van der Waals surface area contributed by atoms with Gasteiger partial charge in [0.1, 0.15) is 0 Å². The van der Waals surface area contributed by atoms with Crippen molar-refractivity contribution >= 4 is 10.8 Å². The first-order valence-corrected chi connectivity index (χ1v) is 6.17. The predicted octanol–water partition coefficient (Wildman–Crippen LogP) is 3.04. The molecule has 0 spiro atoms. The van der Waals surface area contributed by atoms with Crippen LogP contribution in [-0.2, 0) is 6.54 Å². The first-order valence-electron chi connectivity index (χ1n) is 6.17. The maximum absolute atomic E-state index is 5.72. The van der Waals surface area contributed by atoms with Gasteiger partial charge in [0, 0.05) is 18.1 Å². The maximum atomic E-state index is 5.72. The van der Waals surface area contributed by atoms with Crippen molar-refractivity contribution in [2.45, 2.75) is 19.4 Å². The summed E-state index contributed by atoms with van der Waals surface area (Å²) < 4.78 is 5.72. The number of hydrogen-bond donors (Lipinski definition) is 1. The van der Waals surface area contributed by atoms with E-state index in [9.17, 15) is 0 Å². The zero-order valence-electron chi connectivity index (χ0n) is 10.4. The van der Waals surface area contributed by atoms with Crippen molar-refractivity contribution in [2.24, 2.45) is 5.73 Å². The summed E-state index contributed by atoms with van der Waals surface area (Å²) in [6, 6.07) is 8.06. The van der Waals surface area contributed by atoms with Gasteiger partial charge in [-0.05, 0) is 29.9 Å². The molecule has 0 saturated heterocycles. The minimum atomic E-state index is 0.490. The van der Waals surface area contributed by atoms with E-state index in [1.165, 1.54) is 0 Å². The minimum Gasteiger partial charge on any atom is -0.477 e. The molecule has 0 saturated carbocycles. The van der Waals surface area contributed by atoms with Gasteiger partial charge < -0.3 is 10.5 Å². The molecule has 0 aliphatic carbocycles. The first-order chi connectivity index (χ1) is 8.86. The standard InChI is InChI=1S/C15H18N2O/c1-2-3-6-9-18-15-14-8-5-4-7-13(14)12(10-16)11-17-15/h2,4-5,7-8,11H,1,3,6,9-10,16H2. The lowest BCUT2D eigenvalue weighted by atomic mass is 10.1. The van der Waals surface area contributed by atoms with Crippen LogP contribution in [0.25, 0.3) is 10.8 Å². The third-order valence-electron chi connectivity index (χ3n) is 2.85. The fraction of sp³-hybridized carbons (Fsp3) is 0.267. The van der Waals surface area contributed by atoms with Gasteiger partial charge >= 0.3 is 0 Å². The molecule has 1 aromatic heterocycles. The van der Waals surface area contributed by atoms with Gasteiger partial charge in [0.05, 0.1) is 6.61 Å². The van der Waals surface area contributed by atoms with Crippen LogP contribution in [0.1, 0.15) is 18.4 Å². The summed E-state index contributed by atoms with van der Waals surface area (Å²) in [6.45, 7) is 4.84. The SMILES string of the molecule is C=CCCCOc1ncc(CN)c2ccccc12. The molecule has 3 heteroatoms. The number of rotatable bonds is 6. The third-order valence-corrected chi connectivity index (χ3v) is 2.85. The minimum absolute atomic E-state index is 0.490. The molecule has 0 amide bonds. The van der Waals surface area contributed by atoms with Gasteiger partial charge in [-0.15, -0.1) is 6.58 Å². The Labute approximate surface area is 107 Å². The van der Waals surface area contributed by atoms with Crippen molar-refractivity contribution in [2.75, 3.05) is 6.61 Å². The van der Waals surface area contributed by atoms with Crippen LogP contribution in [0, 0.1) is 0 Å². The number of hydrogen-bond acceptors (Lipinski definition) is 3. The molecule has 18 heavy (non-hydrogen) atoms. The highest BCUT2D eigenvalue weighted by Gasteiger charge is 2.06. The van der Waals surface area contributed by atoms with Crippen molar-refractivity contribution < 1.29 is 4.74 Å². The highest BCUT2D eigenvalue weighted by molar-refractivity contribution is 5.89. The number of allylic oxidation sites excluding steroid dienone is 1. The molecule has 94 valence electrons. The van der Waals surface area contributed by atoms with E-state index in [-0.39, 0.29) is 0 Å². The molecule has 0 atom stereocenters. The van der Waals surface area contributed by atoms with Crippen molar-refractivity contribution in [3.05, 3.63) is 48.7 Å². The number of nitrogens with zero attached hydrogens (tertiary/aromatic N) is 1. The summed E-state index contributed by atoms with van der Waals surface area (Å²) in [7, 11) is 0. The van der Waals surface area contributed by atoms with Crippen molar-refractivity contribution in [3.8, 4) is 5.88 Å². The van der Waals surface area contributed by atoms with Crippen LogP contribution >= 0.6 is 0 Å². The predicted molar refractivity (Wildman–Crippen MR) is 74.6 cm³/mol. The van der Waals surface area contributed by atoms with E-state index >= 15 is 0 Å². The second-order valence-electron chi connectivity index (χ2n) is 4.12. The Hall–Kier alpha value is -1.87. The average molecular weight is 242 g/mol. The molecule has 1 aromatic carbocycles. The highest BCUT2D eigenvalue weighted by Crippen LogP contribution is 2.25. The quantitative estimate of drug-likeness (QED) is 0.625. The molecule has 0 radical (unpaired) electrons. The largest absolute Gasteiger partial charge is 0.477 e. The van der Waals surface area contributed by atoms with Crippen LogP contribution in [0.15, 0.2) is 43.1 Å².